The molecule has 0 aliphatic carbocycles. The highest BCUT2D eigenvalue weighted by Crippen LogP contribution is 2.23. The van der Waals surface area contributed by atoms with E-state index in [4.69, 9.17) is 0 Å². The summed E-state index contributed by atoms with van der Waals surface area (Å²) < 4.78 is 23.0. The molecule has 1 aromatic carbocycles. The maximum absolute atomic E-state index is 12.5. The van der Waals surface area contributed by atoms with Crippen molar-refractivity contribution >= 4 is 15.9 Å². The topological polar surface area (TPSA) is 66.5 Å². The molecule has 0 radical (unpaired) electrons. The number of urea groups is 1. The van der Waals surface area contributed by atoms with E-state index >= 15 is 0 Å². The molecule has 2 saturated heterocycles. The van der Waals surface area contributed by atoms with Crippen LogP contribution in [0.1, 0.15) is 37.7 Å². The van der Waals surface area contributed by atoms with Gasteiger partial charge in [0.25, 0.3) is 0 Å². The molecule has 6 heteroatoms. The third kappa shape index (κ3) is 5.21. The van der Waals surface area contributed by atoms with Crippen molar-refractivity contribution in [3.05, 3.63) is 35.9 Å². The molecule has 25 heavy (non-hydrogen) atoms. The molecule has 1 aromatic rings. The number of hydrogen-bond donors (Lipinski definition) is 1. The zero-order chi connectivity index (χ0) is 17.7. The molecule has 138 valence electrons. The Kier molecular flexibility index (Phi) is 5.99. The summed E-state index contributed by atoms with van der Waals surface area (Å²) in [6.45, 7) is 1.42. The molecule has 5 nitrogen and oxygen atoms in total. The second-order valence-corrected chi connectivity index (χ2v) is 9.60. The molecular weight excluding hydrogens is 336 g/mol. The predicted octanol–water partition coefficient (Wildman–Crippen LogP) is 2.62. The van der Waals surface area contributed by atoms with Crippen molar-refractivity contribution in [2.45, 2.75) is 44.6 Å². The summed E-state index contributed by atoms with van der Waals surface area (Å²) in [7, 11) is -2.84. The molecule has 2 aliphatic heterocycles. The van der Waals surface area contributed by atoms with E-state index in [0.29, 0.717) is 25.4 Å². The molecule has 0 saturated carbocycles. The van der Waals surface area contributed by atoms with Gasteiger partial charge in [-0.15, -0.1) is 0 Å². The number of sulfone groups is 1. The van der Waals surface area contributed by atoms with Gasteiger partial charge in [-0.3, -0.25) is 0 Å². The van der Waals surface area contributed by atoms with Crippen molar-refractivity contribution in [2.24, 2.45) is 5.92 Å². The molecule has 0 bridgehead atoms. The van der Waals surface area contributed by atoms with Crippen molar-refractivity contribution in [1.29, 1.82) is 0 Å². The minimum atomic E-state index is -2.84. The average molecular weight is 365 g/mol. The molecule has 1 N–H and O–H groups in total. The first kappa shape index (κ1) is 18.2. The molecule has 1 atom stereocenters. The van der Waals surface area contributed by atoms with Gasteiger partial charge in [0.05, 0.1) is 11.5 Å². The molecular formula is C19H28N2O3S. The number of nitrogens with one attached hydrogen (secondary N) is 1. The van der Waals surface area contributed by atoms with Crippen LogP contribution in [0.2, 0.25) is 0 Å². The highest BCUT2D eigenvalue weighted by Gasteiger charge is 2.29. The van der Waals surface area contributed by atoms with Crippen LogP contribution in [0.5, 0.6) is 0 Å². The van der Waals surface area contributed by atoms with Crippen LogP contribution >= 0.6 is 0 Å². The summed E-state index contributed by atoms with van der Waals surface area (Å²) in [5.41, 5.74) is 1.32. The maximum Gasteiger partial charge on any atom is 0.317 e. The number of hydrogen-bond acceptors (Lipinski definition) is 3. The van der Waals surface area contributed by atoms with Crippen molar-refractivity contribution < 1.29 is 13.2 Å². The summed E-state index contributed by atoms with van der Waals surface area (Å²) in [5.74, 6) is 0.811. The Balaban J connectivity index is 1.44. The van der Waals surface area contributed by atoms with Gasteiger partial charge in [0.1, 0.15) is 9.84 Å². The van der Waals surface area contributed by atoms with Gasteiger partial charge in [0, 0.05) is 19.1 Å². The van der Waals surface area contributed by atoms with Crippen molar-refractivity contribution in [1.82, 2.24) is 10.2 Å². The Hall–Kier alpha value is -1.56. The highest BCUT2D eigenvalue weighted by atomic mass is 32.2. The Morgan fingerprint density at radius 1 is 1.12 bits per heavy atom. The van der Waals surface area contributed by atoms with Crippen molar-refractivity contribution in [3.63, 3.8) is 0 Å². The SMILES string of the molecule is O=C(NCC1CCS(=O)(=O)CC1)N1CCCC1CCc1ccccc1. The number of carbonyl (C=O) groups is 1. The van der Waals surface area contributed by atoms with Crippen LogP contribution in [-0.4, -0.2) is 50.0 Å². The molecule has 2 amide bonds. The lowest BCUT2D eigenvalue weighted by atomic mass is 10.0. The van der Waals surface area contributed by atoms with Gasteiger partial charge >= 0.3 is 6.03 Å². The van der Waals surface area contributed by atoms with Crippen LogP contribution in [0.25, 0.3) is 0 Å². The Bertz CT molecular complexity index is 661. The van der Waals surface area contributed by atoms with E-state index in [2.05, 4.69) is 29.6 Å². The second-order valence-electron chi connectivity index (χ2n) is 7.29. The third-order valence-electron chi connectivity index (χ3n) is 5.46. The standard InChI is InChI=1S/C19H28N2O3S/c22-19(20-15-17-10-13-25(23,24)14-11-17)21-12-4-7-18(21)9-8-16-5-2-1-3-6-16/h1-3,5-6,17-18H,4,7-15H2,(H,20,22). The lowest BCUT2D eigenvalue weighted by Gasteiger charge is -2.27. The number of carbonyl (C=O) groups excluding carboxylic acids is 1. The molecule has 0 aromatic heterocycles. The van der Waals surface area contributed by atoms with Crippen LogP contribution < -0.4 is 5.32 Å². The van der Waals surface area contributed by atoms with Crippen molar-refractivity contribution in [3.8, 4) is 0 Å². The molecule has 0 spiro atoms. The molecule has 3 rings (SSSR count). The van der Waals surface area contributed by atoms with E-state index in [0.717, 1.165) is 32.2 Å². The van der Waals surface area contributed by atoms with Gasteiger partial charge in [-0.2, -0.15) is 0 Å². The van der Waals surface area contributed by atoms with Gasteiger partial charge < -0.3 is 10.2 Å². The maximum atomic E-state index is 12.5. The minimum Gasteiger partial charge on any atom is -0.338 e. The van der Waals surface area contributed by atoms with Crippen LogP contribution in [0.3, 0.4) is 0 Å². The fourth-order valence-corrected chi connectivity index (χ4v) is 5.45. The number of benzene rings is 1. The molecule has 2 heterocycles. The summed E-state index contributed by atoms with van der Waals surface area (Å²) in [6, 6.07) is 10.7. The highest BCUT2D eigenvalue weighted by molar-refractivity contribution is 7.91. The zero-order valence-corrected chi connectivity index (χ0v) is 15.5. The van der Waals surface area contributed by atoms with Crippen LogP contribution in [0.15, 0.2) is 30.3 Å². The van der Waals surface area contributed by atoms with E-state index < -0.39 is 9.84 Å². The number of amides is 2. The van der Waals surface area contributed by atoms with E-state index in [9.17, 15) is 13.2 Å². The van der Waals surface area contributed by atoms with Gasteiger partial charge in [-0.05, 0) is 50.0 Å². The van der Waals surface area contributed by atoms with Crippen LogP contribution in [0, 0.1) is 5.92 Å². The fraction of sp³-hybridized carbons (Fsp3) is 0.632. The van der Waals surface area contributed by atoms with Gasteiger partial charge in [-0.1, -0.05) is 30.3 Å². The molecule has 2 fully saturated rings. The summed E-state index contributed by atoms with van der Waals surface area (Å²) in [6.07, 6.45) is 5.46. The normalized spacial score (nSPS) is 23.5. The van der Waals surface area contributed by atoms with Gasteiger partial charge in [0.2, 0.25) is 0 Å². The molecule has 2 aliphatic rings. The van der Waals surface area contributed by atoms with Crippen LogP contribution in [0.4, 0.5) is 4.79 Å². The Morgan fingerprint density at radius 3 is 2.56 bits per heavy atom. The first-order valence-corrected chi connectivity index (χ1v) is 11.1. The first-order chi connectivity index (χ1) is 12.0. The van der Waals surface area contributed by atoms with Crippen LogP contribution in [-0.2, 0) is 16.3 Å². The lowest BCUT2D eigenvalue weighted by molar-refractivity contribution is 0.188. The summed E-state index contributed by atoms with van der Waals surface area (Å²) in [4.78, 5) is 14.5. The zero-order valence-electron chi connectivity index (χ0n) is 14.7. The number of aryl methyl sites for hydroxylation is 1. The third-order valence-corrected chi connectivity index (χ3v) is 7.18. The molecule has 1 unspecified atom stereocenters. The predicted molar refractivity (Wildman–Crippen MR) is 99.3 cm³/mol. The Labute approximate surface area is 150 Å². The van der Waals surface area contributed by atoms with E-state index in [1.165, 1.54) is 5.56 Å². The van der Waals surface area contributed by atoms with Gasteiger partial charge in [0.15, 0.2) is 0 Å². The lowest BCUT2D eigenvalue weighted by Crippen LogP contribution is -2.45. The van der Waals surface area contributed by atoms with Crippen molar-refractivity contribution in [2.75, 3.05) is 24.6 Å². The monoisotopic (exact) mass is 364 g/mol. The number of nitrogens with zero attached hydrogens (tertiary/aromatic N) is 1. The van der Waals surface area contributed by atoms with E-state index in [1.807, 2.05) is 11.0 Å². The second kappa shape index (κ2) is 8.21. The number of likely N-dealkylation sites (tertiary alicyclic amines) is 1. The fourth-order valence-electron chi connectivity index (χ4n) is 3.86. The van der Waals surface area contributed by atoms with Gasteiger partial charge in [-0.25, -0.2) is 13.2 Å². The largest absolute Gasteiger partial charge is 0.338 e. The number of rotatable bonds is 5. The quantitative estimate of drug-likeness (QED) is 0.873. The Morgan fingerprint density at radius 2 is 1.84 bits per heavy atom. The van der Waals surface area contributed by atoms with E-state index in [1.54, 1.807) is 0 Å². The summed E-state index contributed by atoms with van der Waals surface area (Å²) in [5, 5.41) is 3.04. The smallest absolute Gasteiger partial charge is 0.317 e. The minimum absolute atomic E-state index is 0.0176. The first-order valence-electron chi connectivity index (χ1n) is 9.32. The van der Waals surface area contributed by atoms with E-state index in [-0.39, 0.29) is 23.5 Å². The average Bonchev–Trinajstić information content (AvgIpc) is 3.08. The summed E-state index contributed by atoms with van der Waals surface area (Å²) >= 11 is 0.